The van der Waals surface area contributed by atoms with Crippen molar-refractivity contribution in [2.75, 3.05) is 17.2 Å². The van der Waals surface area contributed by atoms with Gasteiger partial charge < -0.3 is 16.0 Å². The maximum absolute atomic E-state index is 12.6. The minimum atomic E-state index is -0.321. The van der Waals surface area contributed by atoms with Crippen molar-refractivity contribution in [1.29, 1.82) is 0 Å². The van der Waals surface area contributed by atoms with Crippen molar-refractivity contribution in [3.05, 3.63) is 59.7 Å². The highest BCUT2D eigenvalue weighted by molar-refractivity contribution is 6.09. The molecule has 2 aromatic carbocycles. The molecule has 3 amide bonds. The molecule has 0 aliphatic rings. The highest BCUT2D eigenvalue weighted by Gasteiger charge is 2.16. The van der Waals surface area contributed by atoms with Crippen molar-refractivity contribution >= 4 is 29.1 Å². The van der Waals surface area contributed by atoms with E-state index in [1.165, 1.54) is 0 Å². The smallest absolute Gasteiger partial charge is 0.255 e. The molecular weight excluding hydrogens is 366 g/mol. The van der Waals surface area contributed by atoms with Crippen LogP contribution in [-0.4, -0.2) is 24.3 Å². The average Bonchev–Trinajstić information content (AvgIpc) is 2.73. The van der Waals surface area contributed by atoms with Gasteiger partial charge in [-0.15, -0.1) is 0 Å². The van der Waals surface area contributed by atoms with Crippen molar-refractivity contribution < 1.29 is 14.4 Å². The highest BCUT2D eigenvalue weighted by Crippen LogP contribution is 2.18. The molecule has 0 unspecified atom stereocenters. The lowest BCUT2D eigenvalue weighted by molar-refractivity contribution is -0.120. The maximum atomic E-state index is 12.6. The van der Waals surface area contributed by atoms with Gasteiger partial charge in [-0.25, -0.2) is 0 Å². The van der Waals surface area contributed by atoms with Gasteiger partial charge in [0.15, 0.2) is 0 Å². The summed E-state index contributed by atoms with van der Waals surface area (Å²) in [6.45, 7) is 6.53. The molecule has 0 saturated heterocycles. The zero-order chi connectivity index (χ0) is 21.2. The summed E-state index contributed by atoms with van der Waals surface area (Å²) < 4.78 is 0. The Morgan fingerprint density at radius 2 is 1.48 bits per heavy atom. The van der Waals surface area contributed by atoms with Crippen LogP contribution in [0.4, 0.5) is 11.4 Å². The molecule has 29 heavy (non-hydrogen) atoms. The number of carbonyl (C=O) groups is 3. The molecule has 0 bridgehead atoms. The quantitative estimate of drug-likeness (QED) is 0.586. The minimum Gasteiger partial charge on any atom is -0.352 e. The largest absolute Gasteiger partial charge is 0.352 e. The molecule has 3 N–H and O–H groups in total. The summed E-state index contributed by atoms with van der Waals surface area (Å²) in [5.41, 5.74) is 1.97. The predicted octanol–water partition coefficient (Wildman–Crippen LogP) is 4.45. The monoisotopic (exact) mass is 395 g/mol. The van der Waals surface area contributed by atoms with Gasteiger partial charge in [0.05, 0.1) is 11.3 Å². The van der Waals surface area contributed by atoms with Crippen molar-refractivity contribution in [3.63, 3.8) is 0 Å². The third-order valence-corrected chi connectivity index (χ3v) is 4.73. The Morgan fingerprint density at radius 3 is 2.10 bits per heavy atom. The lowest BCUT2D eigenvalue weighted by Gasteiger charge is -2.13. The van der Waals surface area contributed by atoms with Gasteiger partial charge in [-0.3, -0.25) is 14.4 Å². The van der Waals surface area contributed by atoms with Crippen LogP contribution in [0, 0.1) is 5.92 Å². The number of hydrogen-bond donors (Lipinski definition) is 3. The summed E-state index contributed by atoms with van der Waals surface area (Å²) in [6, 6.07) is 13.6. The van der Waals surface area contributed by atoms with Crippen LogP contribution >= 0.6 is 0 Å². The van der Waals surface area contributed by atoms with Gasteiger partial charge in [0, 0.05) is 23.7 Å². The number of benzene rings is 2. The molecular formula is C23H29N3O3. The Bertz CT molecular complexity index is 843. The Labute approximate surface area is 172 Å². The number of rotatable bonds is 9. The van der Waals surface area contributed by atoms with Crippen molar-refractivity contribution in [2.45, 2.75) is 40.0 Å². The molecule has 0 heterocycles. The lowest BCUT2D eigenvalue weighted by Crippen LogP contribution is -2.25. The maximum Gasteiger partial charge on any atom is 0.255 e. The van der Waals surface area contributed by atoms with E-state index >= 15 is 0 Å². The molecule has 2 aromatic rings. The topological polar surface area (TPSA) is 87.3 Å². The van der Waals surface area contributed by atoms with Gasteiger partial charge >= 0.3 is 0 Å². The molecule has 6 nitrogen and oxygen atoms in total. The fraction of sp³-hybridized carbons (Fsp3) is 0.348. The van der Waals surface area contributed by atoms with E-state index < -0.39 is 0 Å². The molecule has 6 heteroatoms. The van der Waals surface area contributed by atoms with E-state index in [0.717, 1.165) is 19.3 Å². The first-order valence-electron chi connectivity index (χ1n) is 10.1. The fourth-order valence-electron chi connectivity index (χ4n) is 2.93. The molecule has 0 atom stereocenters. The van der Waals surface area contributed by atoms with E-state index in [4.69, 9.17) is 0 Å². The molecule has 2 rings (SSSR count). The molecule has 0 radical (unpaired) electrons. The van der Waals surface area contributed by atoms with Crippen LogP contribution in [0.1, 0.15) is 60.7 Å². The molecule has 0 saturated carbocycles. The number of carbonyl (C=O) groups excluding carboxylic acids is 3. The number of anilines is 2. The summed E-state index contributed by atoms with van der Waals surface area (Å²) in [6.07, 6.45) is 2.41. The van der Waals surface area contributed by atoms with E-state index in [2.05, 4.69) is 16.0 Å². The van der Waals surface area contributed by atoms with Crippen molar-refractivity contribution in [1.82, 2.24) is 5.32 Å². The third-order valence-electron chi connectivity index (χ3n) is 4.73. The van der Waals surface area contributed by atoms with Crippen LogP contribution in [0.2, 0.25) is 0 Å². The van der Waals surface area contributed by atoms with Gasteiger partial charge in [0.2, 0.25) is 5.91 Å². The van der Waals surface area contributed by atoms with Gasteiger partial charge in [-0.1, -0.05) is 32.9 Å². The Kier molecular flexibility index (Phi) is 8.40. The summed E-state index contributed by atoms with van der Waals surface area (Å²) in [5, 5.41) is 8.49. The second-order valence-corrected chi connectivity index (χ2v) is 6.84. The average molecular weight is 396 g/mol. The normalized spacial score (nSPS) is 10.5. The minimum absolute atomic E-state index is 0.0146. The SMILES string of the molecule is CCCNC(=O)c1ccccc1NC(=O)c1ccc(NC(=O)C(CC)CC)cc1. The first-order valence-corrected chi connectivity index (χ1v) is 10.1. The first-order chi connectivity index (χ1) is 14.0. The van der Waals surface area contributed by atoms with E-state index in [1.807, 2.05) is 20.8 Å². The zero-order valence-electron chi connectivity index (χ0n) is 17.2. The number of para-hydroxylation sites is 1. The second kappa shape index (κ2) is 11.0. The van der Waals surface area contributed by atoms with E-state index in [-0.39, 0.29) is 23.6 Å². The molecule has 0 aromatic heterocycles. The third kappa shape index (κ3) is 6.17. The fourth-order valence-corrected chi connectivity index (χ4v) is 2.93. The van der Waals surface area contributed by atoms with Gasteiger partial charge in [-0.05, 0) is 55.7 Å². The second-order valence-electron chi connectivity index (χ2n) is 6.84. The zero-order valence-corrected chi connectivity index (χ0v) is 17.2. The van der Waals surface area contributed by atoms with Crippen LogP contribution in [0.3, 0.4) is 0 Å². The number of amides is 3. The van der Waals surface area contributed by atoms with Gasteiger partial charge in [0.1, 0.15) is 0 Å². The van der Waals surface area contributed by atoms with Gasteiger partial charge in [0.25, 0.3) is 11.8 Å². The highest BCUT2D eigenvalue weighted by atomic mass is 16.2. The van der Waals surface area contributed by atoms with E-state index in [1.54, 1.807) is 48.5 Å². The Hall–Kier alpha value is -3.15. The molecule has 154 valence electrons. The number of hydrogen-bond acceptors (Lipinski definition) is 3. The van der Waals surface area contributed by atoms with Crippen LogP contribution in [0.25, 0.3) is 0 Å². The van der Waals surface area contributed by atoms with Crippen LogP contribution < -0.4 is 16.0 Å². The molecule has 0 aliphatic carbocycles. The summed E-state index contributed by atoms with van der Waals surface area (Å²) >= 11 is 0. The summed E-state index contributed by atoms with van der Waals surface area (Å²) in [7, 11) is 0. The Balaban J connectivity index is 2.07. The summed E-state index contributed by atoms with van der Waals surface area (Å²) in [4.78, 5) is 37.1. The van der Waals surface area contributed by atoms with Crippen LogP contribution in [0.15, 0.2) is 48.5 Å². The first kappa shape index (κ1) is 22.1. The lowest BCUT2D eigenvalue weighted by atomic mass is 10.0. The number of nitrogens with one attached hydrogen (secondary N) is 3. The molecule has 0 aliphatic heterocycles. The van der Waals surface area contributed by atoms with Crippen molar-refractivity contribution in [2.24, 2.45) is 5.92 Å². The predicted molar refractivity (Wildman–Crippen MR) is 116 cm³/mol. The molecule has 0 fully saturated rings. The Morgan fingerprint density at radius 1 is 0.828 bits per heavy atom. The van der Waals surface area contributed by atoms with Gasteiger partial charge in [-0.2, -0.15) is 0 Å². The standard InChI is InChI=1S/C23H29N3O3/c1-4-15-24-23(29)19-9-7-8-10-20(19)26-22(28)17-11-13-18(14-12-17)25-21(27)16(5-2)6-3/h7-14,16H,4-6,15H2,1-3H3,(H,24,29)(H,25,27)(H,26,28). The van der Waals surface area contributed by atoms with Crippen LogP contribution in [-0.2, 0) is 4.79 Å². The van der Waals surface area contributed by atoms with E-state index in [0.29, 0.717) is 29.0 Å². The van der Waals surface area contributed by atoms with Crippen LogP contribution in [0.5, 0.6) is 0 Å². The summed E-state index contributed by atoms with van der Waals surface area (Å²) in [5.74, 6) is -0.576. The molecule has 0 spiro atoms. The van der Waals surface area contributed by atoms with Crippen molar-refractivity contribution in [3.8, 4) is 0 Å². The van der Waals surface area contributed by atoms with E-state index in [9.17, 15) is 14.4 Å².